The van der Waals surface area contributed by atoms with E-state index in [-0.39, 0.29) is 29.2 Å². The fraction of sp³-hybridized carbons (Fsp3) is 0.875. The van der Waals surface area contributed by atoms with Crippen LogP contribution in [0.15, 0.2) is 0 Å². The number of carbonyl (C=O) groups is 2. The van der Waals surface area contributed by atoms with Crippen molar-refractivity contribution in [2.75, 3.05) is 26.2 Å². The normalized spacial score (nSPS) is 32.9. The van der Waals surface area contributed by atoms with Crippen molar-refractivity contribution in [1.82, 2.24) is 9.80 Å². The summed E-state index contributed by atoms with van der Waals surface area (Å²) in [5.41, 5.74) is 6.11. The molecular formula is C16H29N3O2. The van der Waals surface area contributed by atoms with Crippen LogP contribution in [0.2, 0.25) is 0 Å². The first-order chi connectivity index (χ1) is 9.75. The summed E-state index contributed by atoms with van der Waals surface area (Å²) in [5, 5.41) is 0. The minimum absolute atomic E-state index is 0.0520. The molecule has 2 fully saturated rings. The molecule has 2 rings (SSSR count). The second-order valence-corrected chi connectivity index (χ2v) is 7.24. The van der Waals surface area contributed by atoms with Crippen molar-refractivity contribution >= 4 is 11.8 Å². The smallest absolute Gasteiger partial charge is 0.226 e. The Kier molecular flexibility index (Phi) is 4.61. The summed E-state index contributed by atoms with van der Waals surface area (Å²) >= 11 is 0. The van der Waals surface area contributed by atoms with Gasteiger partial charge in [-0.25, -0.2) is 0 Å². The molecule has 3 unspecified atom stereocenters. The molecule has 21 heavy (non-hydrogen) atoms. The fourth-order valence-electron chi connectivity index (χ4n) is 3.75. The van der Waals surface area contributed by atoms with E-state index in [0.717, 1.165) is 12.8 Å². The Bertz CT molecular complexity index is 414. The van der Waals surface area contributed by atoms with Gasteiger partial charge in [-0.3, -0.25) is 9.59 Å². The molecule has 5 nitrogen and oxygen atoms in total. The van der Waals surface area contributed by atoms with Crippen LogP contribution >= 0.6 is 0 Å². The van der Waals surface area contributed by atoms with Gasteiger partial charge >= 0.3 is 0 Å². The maximum atomic E-state index is 12.9. The van der Waals surface area contributed by atoms with Gasteiger partial charge in [0.2, 0.25) is 11.8 Å². The van der Waals surface area contributed by atoms with Gasteiger partial charge in [-0.05, 0) is 24.2 Å². The highest BCUT2D eigenvalue weighted by molar-refractivity contribution is 5.80. The molecule has 1 aliphatic heterocycles. The number of amides is 2. The summed E-state index contributed by atoms with van der Waals surface area (Å²) in [6.45, 7) is 10.7. The third-order valence-electron chi connectivity index (χ3n) is 5.84. The maximum absolute atomic E-state index is 12.9. The zero-order chi connectivity index (χ0) is 15.8. The lowest BCUT2D eigenvalue weighted by Gasteiger charge is -2.48. The Morgan fingerprint density at radius 3 is 2.10 bits per heavy atom. The van der Waals surface area contributed by atoms with Crippen molar-refractivity contribution in [3.05, 3.63) is 0 Å². The SMILES string of the molecule is CC(=O)N1CCN(C(=O)C2CCC(N)C(C)C2(C)C)CC1. The summed E-state index contributed by atoms with van der Waals surface area (Å²) in [6.07, 6.45) is 1.80. The second kappa shape index (κ2) is 5.95. The van der Waals surface area contributed by atoms with Gasteiger partial charge in [-0.1, -0.05) is 20.8 Å². The fourth-order valence-corrected chi connectivity index (χ4v) is 3.75. The van der Waals surface area contributed by atoms with E-state index in [1.165, 1.54) is 0 Å². The third-order valence-corrected chi connectivity index (χ3v) is 5.84. The average molecular weight is 295 g/mol. The Labute approximate surface area is 127 Å². The molecule has 0 aromatic rings. The molecule has 120 valence electrons. The number of hydrogen-bond acceptors (Lipinski definition) is 3. The van der Waals surface area contributed by atoms with Gasteiger partial charge in [0.1, 0.15) is 0 Å². The maximum Gasteiger partial charge on any atom is 0.226 e. The molecule has 1 heterocycles. The molecule has 0 spiro atoms. The van der Waals surface area contributed by atoms with E-state index in [4.69, 9.17) is 5.73 Å². The van der Waals surface area contributed by atoms with Gasteiger partial charge in [-0.15, -0.1) is 0 Å². The van der Waals surface area contributed by atoms with Crippen LogP contribution in [0.1, 0.15) is 40.5 Å². The lowest BCUT2D eigenvalue weighted by Crippen LogP contribution is -2.56. The summed E-state index contributed by atoms with van der Waals surface area (Å²) < 4.78 is 0. The molecule has 2 N–H and O–H groups in total. The van der Waals surface area contributed by atoms with Crippen LogP contribution < -0.4 is 5.73 Å². The molecule has 1 saturated carbocycles. The molecule has 5 heteroatoms. The van der Waals surface area contributed by atoms with Crippen LogP contribution in [-0.2, 0) is 9.59 Å². The lowest BCUT2D eigenvalue weighted by atomic mass is 9.60. The molecule has 2 aliphatic rings. The van der Waals surface area contributed by atoms with Gasteiger partial charge in [0.05, 0.1) is 0 Å². The number of carbonyl (C=O) groups excluding carboxylic acids is 2. The zero-order valence-corrected chi connectivity index (χ0v) is 13.8. The van der Waals surface area contributed by atoms with Gasteiger partial charge in [0.25, 0.3) is 0 Å². The minimum Gasteiger partial charge on any atom is -0.339 e. The van der Waals surface area contributed by atoms with Crippen LogP contribution in [0.5, 0.6) is 0 Å². The van der Waals surface area contributed by atoms with E-state index < -0.39 is 0 Å². The van der Waals surface area contributed by atoms with Crippen LogP contribution in [0.25, 0.3) is 0 Å². The minimum atomic E-state index is -0.0630. The lowest BCUT2D eigenvalue weighted by molar-refractivity contribution is -0.147. The van der Waals surface area contributed by atoms with Crippen LogP contribution in [0, 0.1) is 17.3 Å². The van der Waals surface area contributed by atoms with Crippen LogP contribution in [0.4, 0.5) is 0 Å². The van der Waals surface area contributed by atoms with Gasteiger partial charge in [0.15, 0.2) is 0 Å². The van der Waals surface area contributed by atoms with E-state index >= 15 is 0 Å². The van der Waals surface area contributed by atoms with E-state index in [2.05, 4.69) is 20.8 Å². The van der Waals surface area contributed by atoms with Crippen LogP contribution in [0.3, 0.4) is 0 Å². The molecule has 2 amide bonds. The summed E-state index contributed by atoms with van der Waals surface area (Å²) in [6, 6.07) is 0.193. The number of nitrogens with two attached hydrogens (primary N) is 1. The standard InChI is InChI=1S/C16H29N3O2/c1-11-14(17)6-5-13(16(11,3)4)15(21)19-9-7-18(8-10-19)12(2)20/h11,13-14H,5-10,17H2,1-4H3. The Balaban J connectivity index is 2.02. The molecule has 0 aromatic heterocycles. The summed E-state index contributed by atoms with van der Waals surface area (Å²) in [4.78, 5) is 28.0. The predicted molar refractivity (Wildman–Crippen MR) is 82.5 cm³/mol. The Morgan fingerprint density at radius 1 is 1.05 bits per heavy atom. The van der Waals surface area contributed by atoms with Gasteiger partial charge < -0.3 is 15.5 Å². The van der Waals surface area contributed by atoms with Crippen molar-refractivity contribution in [2.45, 2.75) is 46.6 Å². The van der Waals surface area contributed by atoms with E-state index in [1.807, 2.05) is 9.80 Å². The zero-order valence-electron chi connectivity index (χ0n) is 13.8. The quantitative estimate of drug-likeness (QED) is 0.787. The molecule has 1 saturated heterocycles. The number of piperazine rings is 1. The van der Waals surface area contributed by atoms with Crippen LogP contribution in [-0.4, -0.2) is 53.8 Å². The summed E-state index contributed by atoms with van der Waals surface area (Å²) in [5.74, 6) is 0.747. The van der Waals surface area contributed by atoms with Gasteiger partial charge in [0, 0.05) is 45.1 Å². The molecule has 0 bridgehead atoms. The number of nitrogens with zero attached hydrogens (tertiary/aromatic N) is 2. The van der Waals surface area contributed by atoms with Crippen molar-refractivity contribution in [3.8, 4) is 0 Å². The first-order valence-corrected chi connectivity index (χ1v) is 8.05. The molecule has 1 aliphatic carbocycles. The molecule has 0 aromatic carbocycles. The topological polar surface area (TPSA) is 66.6 Å². The third kappa shape index (κ3) is 3.07. The second-order valence-electron chi connectivity index (χ2n) is 7.24. The number of rotatable bonds is 1. The molecular weight excluding hydrogens is 266 g/mol. The van der Waals surface area contributed by atoms with Crippen molar-refractivity contribution in [3.63, 3.8) is 0 Å². The van der Waals surface area contributed by atoms with E-state index in [0.29, 0.717) is 32.1 Å². The summed E-state index contributed by atoms with van der Waals surface area (Å²) in [7, 11) is 0. The largest absolute Gasteiger partial charge is 0.339 e. The highest BCUT2D eigenvalue weighted by Gasteiger charge is 2.46. The highest BCUT2D eigenvalue weighted by Crippen LogP contribution is 2.45. The number of hydrogen-bond donors (Lipinski definition) is 1. The Hall–Kier alpha value is -1.10. The molecule has 0 radical (unpaired) electrons. The van der Waals surface area contributed by atoms with Crippen molar-refractivity contribution in [1.29, 1.82) is 0 Å². The monoisotopic (exact) mass is 295 g/mol. The first-order valence-electron chi connectivity index (χ1n) is 8.05. The van der Waals surface area contributed by atoms with Crippen molar-refractivity contribution < 1.29 is 9.59 Å². The van der Waals surface area contributed by atoms with Gasteiger partial charge in [-0.2, -0.15) is 0 Å². The molecule has 3 atom stereocenters. The Morgan fingerprint density at radius 2 is 1.57 bits per heavy atom. The first kappa shape index (κ1) is 16.3. The van der Waals surface area contributed by atoms with E-state index in [1.54, 1.807) is 6.92 Å². The predicted octanol–water partition coefficient (Wildman–Crippen LogP) is 1.08. The van der Waals surface area contributed by atoms with Crippen molar-refractivity contribution in [2.24, 2.45) is 23.0 Å². The van der Waals surface area contributed by atoms with E-state index in [9.17, 15) is 9.59 Å². The average Bonchev–Trinajstić information content (AvgIpc) is 2.44. The highest BCUT2D eigenvalue weighted by atomic mass is 16.2.